The molecule has 0 saturated carbocycles. The number of rotatable bonds is 6. The number of aromatic nitrogens is 2. The summed E-state index contributed by atoms with van der Waals surface area (Å²) in [7, 11) is 1.81. The number of H-pyrrole nitrogens is 1. The third kappa shape index (κ3) is 3.82. The van der Waals surface area contributed by atoms with Crippen LogP contribution < -0.4 is 0 Å². The van der Waals surface area contributed by atoms with Crippen LogP contribution in [-0.2, 0) is 17.7 Å². The summed E-state index contributed by atoms with van der Waals surface area (Å²) >= 11 is 0. The molecule has 0 aromatic carbocycles. The number of aryl methyl sites for hydroxylation is 1. The van der Waals surface area contributed by atoms with Crippen LogP contribution in [0, 0.1) is 0 Å². The van der Waals surface area contributed by atoms with Crippen molar-refractivity contribution in [1.29, 1.82) is 0 Å². The molecule has 1 N–H and O–H groups in total. The highest BCUT2D eigenvalue weighted by Gasteiger charge is 2.19. The molecule has 1 aromatic heterocycles. The van der Waals surface area contributed by atoms with Crippen LogP contribution in [0.2, 0.25) is 0 Å². The number of nitrogens with one attached hydrogen (secondary N) is 1. The third-order valence-electron chi connectivity index (χ3n) is 3.64. The number of methoxy groups -OCH3 is 1. The molecule has 0 spiro atoms. The monoisotopic (exact) mass is 251 g/mol. The van der Waals surface area contributed by atoms with Crippen LogP contribution in [0.15, 0.2) is 6.20 Å². The maximum absolute atomic E-state index is 5.45. The molecule has 1 aliphatic rings. The molecule has 1 fully saturated rings. The normalized spacial score (nSPS) is 21.3. The second-order valence-corrected chi connectivity index (χ2v) is 5.19. The first-order valence-corrected chi connectivity index (χ1v) is 7.09. The van der Waals surface area contributed by atoms with Gasteiger partial charge in [-0.2, -0.15) is 0 Å². The molecule has 4 heteroatoms. The van der Waals surface area contributed by atoms with E-state index in [0.29, 0.717) is 6.10 Å². The molecule has 2 heterocycles. The van der Waals surface area contributed by atoms with Crippen molar-refractivity contribution in [3.8, 4) is 0 Å². The van der Waals surface area contributed by atoms with Crippen molar-refractivity contribution in [2.75, 3.05) is 20.2 Å². The standard InChI is InChI=1S/C14H25N3O/c1-3-4-7-14-15-9-12(16-14)10-17-8-5-6-13(11-17)18-2/h9,13H,3-8,10-11H2,1-2H3,(H,15,16)/t13-/m0/s1. The molecular formula is C14H25N3O. The van der Waals surface area contributed by atoms with E-state index >= 15 is 0 Å². The average molecular weight is 251 g/mol. The first-order valence-electron chi connectivity index (χ1n) is 7.09. The summed E-state index contributed by atoms with van der Waals surface area (Å²) in [6.07, 6.45) is 8.31. The lowest BCUT2D eigenvalue weighted by Gasteiger charge is -2.31. The Bertz CT molecular complexity index is 351. The van der Waals surface area contributed by atoms with Gasteiger partial charge in [-0.15, -0.1) is 0 Å². The van der Waals surface area contributed by atoms with Gasteiger partial charge in [-0.3, -0.25) is 4.90 Å². The van der Waals surface area contributed by atoms with Crippen molar-refractivity contribution in [3.05, 3.63) is 17.7 Å². The minimum Gasteiger partial charge on any atom is -0.380 e. The first-order chi connectivity index (χ1) is 8.81. The van der Waals surface area contributed by atoms with Crippen LogP contribution in [0.25, 0.3) is 0 Å². The van der Waals surface area contributed by atoms with E-state index in [9.17, 15) is 0 Å². The van der Waals surface area contributed by atoms with Gasteiger partial charge in [-0.25, -0.2) is 4.98 Å². The largest absolute Gasteiger partial charge is 0.380 e. The fourth-order valence-corrected chi connectivity index (χ4v) is 2.55. The Hall–Kier alpha value is -0.870. The minimum atomic E-state index is 0.404. The zero-order chi connectivity index (χ0) is 12.8. The fraction of sp³-hybridized carbons (Fsp3) is 0.786. The van der Waals surface area contributed by atoms with Gasteiger partial charge in [0, 0.05) is 38.5 Å². The molecule has 1 atom stereocenters. The Balaban J connectivity index is 1.83. The van der Waals surface area contributed by atoms with Gasteiger partial charge < -0.3 is 9.72 Å². The van der Waals surface area contributed by atoms with Crippen molar-refractivity contribution < 1.29 is 4.74 Å². The lowest BCUT2D eigenvalue weighted by atomic mass is 10.1. The molecule has 18 heavy (non-hydrogen) atoms. The number of piperidine rings is 1. The van der Waals surface area contributed by atoms with Gasteiger partial charge in [0.15, 0.2) is 0 Å². The van der Waals surface area contributed by atoms with Gasteiger partial charge in [-0.05, 0) is 25.8 Å². The van der Waals surface area contributed by atoms with Crippen LogP contribution in [0.1, 0.15) is 44.1 Å². The third-order valence-corrected chi connectivity index (χ3v) is 3.64. The van der Waals surface area contributed by atoms with Gasteiger partial charge >= 0.3 is 0 Å². The van der Waals surface area contributed by atoms with Crippen molar-refractivity contribution >= 4 is 0 Å². The quantitative estimate of drug-likeness (QED) is 0.844. The zero-order valence-corrected chi connectivity index (χ0v) is 11.6. The number of nitrogens with zero attached hydrogens (tertiary/aromatic N) is 2. The van der Waals surface area contributed by atoms with E-state index in [2.05, 4.69) is 21.8 Å². The Kier molecular flexibility index (Phi) is 5.20. The van der Waals surface area contributed by atoms with Crippen LogP contribution in [0.3, 0.4) is 0 Å². The van der Waals surface area contributed by atoms with E-state index in [1.807, 2.05) is 13.3 Å². The van der Waals surface area contributed by atoms with Gasteiger partial charge in [0.2, 0.25) is 0 Å². The van der Waals surface area contributed by atoms with Gasteiger partial charge in [0.1, 0.15) is 5.82 Å². The molecule has 4 nitrogen and oxygen atoms in total. The van der Waals surface area contributed by atoms with Crippen LogP contribution >= 0.6 is 0 Å². The molecule has 0 bridgehead atoms. The SMILES string of the molecule is CCCCc1ncc(CN2CCC[C@H](OC)C2)[nH]1. The summed E-state index contributed by atoms with van der Waals surface area (Å²) in [5.74, 6) is 1.13. The number of ether oxygens (including phenoxy) is 1. The van der Waals surface area contributed by atoms with Crippen molar-refractivity contribution in [2.24, 2.45) is 0 Å². The minimum absolute atomic E-state index is 0.404. The zero-order valence-electron chi connectivity index (χ0n) is 11.6. The second kappa shape index (κ2) is 6.90. The van der Waals surface area contributed by atoms with E-state index in [1.54, 1.807) is 0 Å². The molecule has 0 radical (unpaired) electrons. The Morgan fingerprint density at radius 1 is 1.56 bits per heavy atom. The predicted octanol–water partition coefficient (Wildman–Crippen LogP) is 2.36. The Labute approximate surface area is 110 Å². The average Bonchev–Trinajstić information content (AvgIpc) is 2.84. The van der Waals surface area contributed by atoms with E-state index in [1.165, 1.54) is 37.9 Å². The molecule has 2 rings (SSSR count). The van der Waals surface area contributed by atoms with E-state index in [0.717, 1.165) is 25.3 Å². The molecule has 1 aromatic rings. The Morgan fingerprint density at radius 2 is 2.44 bits per heavy atom. The number of imidazole rings is 1. The van der Waals surface area contributed by atoms with Crippen molar-refractivity contribution in [2.45, 2.75) is 51.7 Å². The van der Waals surface area contributed by atoms with E-state index < -0.39 is 0 Å². The summed E-state index contributed by atoms with van der Waals surface area (Å²) in [5, 5.41) is 0. The van der Waals surface area contributed by atoms with Crippen LogP contribution in [0.5, 0.6) is 0 Å². The Morgan fingerprint density at radius 3 is 3.22 bits per heavy atom. The number of hydrogen-bond acceptors (Lipinski definition) is 3. The van der Waals surface area contributed by atoms with Gasteiger partial charge in [0.05, 0.1) is 6.10 Å². The summed E-state index contributed by atoms with van der Waals surface area (Å²) < 4.78 is 5.45. The molecule has 1 aliphatic heterocycles. The summed E-state index contributed by atoms with van der Waals surface area (Å²) in [4.78, 5) is 10.3. The van der Waals surface area contributed by atoms with Crippen LogP contribution in [0.4, 0.5) is 0 Å². The molecule has 1 saturated heterocycles. The summed E-state index contributed by atoms with van der Waals surface area (Å²) in [6, 6.07) is 0. The van der Waals surface area contributed by atoms with Gasteiger partial charge in [-0.1, -0.05) is 13.3 Å². The highest BCUT2D eigenvalue weighted by Crippen LogP contribution is 2.15. The predicted molar refractivity (Wildman–Crippen MR) is 72.5 cm³/mol. The van der Waals surface area contributed by atoms with Crippen molar-refractivity contribution in [3.63, 3.8) is 0 Å². The van der Waals surface area contributed by atoms with E-state index in [-0.39, 0.29) is 0 Å². The number of likely N-dealkylation sites (tertiary alicyclic amines) is 1. The first kappa shape index (κ1) is 13.6. The molecule has 0 unspecified atom stereocenters. The van der Waals surface area contributed by atoms with Gasteiger partial charge in [0.25, 0.3) is 0 Å². The molecular weight excluding hydrogens is 226 g/mol. The number of hydrogen-bond donors (Lipinski definition) is 1. The van der Waals surface area contributed by atoms with Crippen molar-refractivity contribution in [1.82, 2.24) is 14.9 Å². The fourth-order valence-electron chi connectivity index (χ4n) is 2.55. The highest BCUT2D eigenvalue weighted by molar-refractivity contribution is 5.01. The highest BCUT2D eigenvalue weighted by atomic mass is 16.5. The number of unbranched alkanes of at least 4 members (excludes halogenated alkanes) is 1. The maximum atomic E-state index is 5.45. The topological polar surface area (TPSA) is 41.2 Å². The lowest BCUT2D eigenvalue weighted by Crippen LogP contribution is -2.38. The molecule has 0 amide bonds. The molecule has 102 valence electrons. The maximum Gasteiger partial charge on any atom is 0.106 e. The smallest absolute Gasteiger partial charge is 0.106 e. The summed E-state index contributed by atoms with van der Waals surface area (Å²) in [6.45, 7) is 5.39. The summed E-state index contributed by atoms with van der Waals surface area (Å²) in [5.41, 5.74) is 1.23. The van der Waals surface area contributed by atoms with Crippen LogP contribution in [-0.4, -0.2) is 41.2 Å². The lowest BCUT2D eigenvalue weighted by molar-refractivity contribution is 0.0282. The molecule has 0 aliphatic carbocycles. The van der Waals surface area contributed by atoms with E-state index in [4.69, 9.17) is 4.74 Å². The number of aromatic amines is 1. The second-order valence-electron chi connectivity index (χ2n) is 5.19.